The molecule has 0 aromatic rings. The first kappa shape index (κ1) is 24.0. The molecule has 3 unspecified atom stereocenters. The number of rotatable bonds is 3. The number of allylic oxidation sites excluding steroid dienone is 2. The standard InChI is InChI=1S/C27H41O.Y/c1-20-3-10-26(19-20)25-15-13-24(14-16-25)23-11-6-21(7-12-23)4-5-22-8-17-27(28-2)18-9-22;/h8,19-25,27H,3,6-7,9-18H2,1-2H3;/q-1;. The summed E-state index contributed by atoms with van der Waals surface area (Å²) in [6, 6.07) is 0. The molecule has 0 saturated heterocycles. The first-order valence-corrected chi connectivity index (χ1v) is 12.3. The fourth-order valence-electron chi connectivity index (χ4n) is 6.45. The average molecular weight is 471 g/mol. The van der Waals surface area contributed by atoms with E-state index in [0.29, 0.717) is 17.9 Å². The molecule has 3 fully saturated rings. The molecule has 0 aromatic heterocycles. The summed E-state index contributed by atoms with van der Waals surface area (Å²) in [5.74, 6) is 12.3. The van der Waals surface area contributed by atoms with Gasteiger partial charge in [-0.2, -0.15) is 6.42 Å². The number of hydrogen-bond donors (Lipinski definition) is 0. The predicted octanol–water partition coefficient (Wildman–Crippen LogP) is 6.98. The van der Waals surface area contributed by atoms with Crippen molar-refractivity contribution in [3.8, 4) is 11.8 Å². The normalized spacial score (nSPS) is 40.3. The molecular formula is C27H41OY-. The van der Waals surface area contributed by atoms with E-state index in [-0.39, 0.29) is 32.7 Å². The van der Waals surface area contributed by atoms with Crippen LogP contribution in [0.4, 0.5) is 0 Å². The first-order chi connectivity index (χ1) is 13.7. The minimum Gasteiger partial charge on any atom is -0.384 e. The Labute approximate surface area is 205 Å². The summed E-state index contributed by atoms with van der Waals surface area (Å²) in [5, 5.41) is 0. The molecule has 0 bridgehead atoms. The van der Waals surface area contributed by atoms with Crippen LogP contribution < -0.4 is 0 Å². The second kappa shape index (κ2) is 11.8. The van der Waals surface area contributed by atoms with Gasteiger partial charge >= 0.3 is 0 Å². The fourth-order valence-corrected chi connectivity index (χ4v) is 6.45. The minimum absolute atomic E-state index is 0. The maximum atomic E-state index is 5.46. The van der Waals surface area contributed by atoms with Gasteiger partial charge in [0.1, 0.15) is 0 Å². The molecular weight excluding hydrogens is 429 g/mol. The van der Waals surface area contributed by atoms with Crippen molar-refractivity contribution >= 4 is 0 Å². The van der Waals surface area contributed by atoms with Crippen LogP contribution in [0.2, 0.25) is 0 Å². The van der Waals surface area contributed by atoms with E-state index < -0.39 is 0 Å². The van der Waals surface area contributed by atoms with E-state index in [4.69, 9.17) is 4.74 Å². The summed E-state index contributed by atoms with van der Waals surface area (Å²) in [6.45, 7) is 2.39. The van der Waals surface area contributed by atoms with E-state index >= 15 is 0 Å². The Balaban J connectivity index is 0.00000240. The van der Waals surface area contributed by atoms with Gasteiger partial charge in [0, 0.05) is 51.8 Å². The van der Waals surface area contributed by atoms with Gasteiger partial charge < -0.3 is 11.2 Å². The van der Waals surface area contributed by atoms with Crippen molar-refractivity contribution in [2.45, 2.75) is 96.5 Å². The van der Waals surface area contributed by atoms with E-state index in [9.17, 15) is 0 Å². The molecule has 0 heterocycles. The Morgan fingerprint density at radius 2 is 1.55 bits per heavy atom. The van der Waals surface area contributed by atoms with E-state index in [2.05, 4.69) is 31.3 Å². The molecule has 29 heavy (non-hydrogen) atoms. The zero-order valence-corrected chi connectivity index (χ0v) is 21.7. The fraction of sp³-hybridized carbons (Fsp3) is 0.815. The first-order valence-electron chi connectivity index (χ1n) is 12.3. The van der Waals surface area contributed by atoms with Crippen molar-refractivity contribution in [3.05, 3.63) is 18.1 Å². The van der Waals surface area contributed by atoms with Gasteiger partial charge in [0.05, 0.1) is 0 Å². The molecule has 3 saturated carbocycles. The van der Waals surface area contributed by atoms with Crippen LogP contribution in [0.25, 0.3) is 0 Å². The van der Waals surface area contributed by atoms with Gasteiger partial charge in [0.25, 0.3) is 0 Å². The van der Waals surface area contributed by atoms with Gasteiger partial charge in [-0.05, 0) is 94.3 Å². The van der Waals surface area contributed by atoms with Gasteiger partial charge in [-0.3, -0.25) is 0 Å². The number of ether oxygens (including phenoxy) is 1. The summed E-state index contributed by atoms with van der Waals surface area (Å²) in [7, 11) is 1.84. The Kier molecular flexibility index (Phi) is 9.80. The van der Waals surface area contributed by atoms with Gasteiger partial charge in [-0.1, -0.05) is 25.0 Å². The maximum Gasteiger partial charge on any atom is 0.0357 e. The van der Waals surface area contributed by atoms with Crippen LogP contribution in [0.15, 0.2) is 11.6 Å². The SMILES string of the molecule is COC1C[CH-]C(C#CC2CCC(C3CCC(C4=CC(C)CC4)CC3)CC2)CC1.[Y]. The predicted molar refractivity (Wildman–Crippen MR) is 118 cm³/mol. The van der Waals surface area contributed by atoms with Crippen LogP contribution in [0.5, 0.6) is 0 Å². The number of hydrogen-bond acceptors (Lipinski definition) is 1. The summed E-state index contributed by atoms with van der Waals surface area (Å²) >= 11 is 0. The Morgan fingerprint density at radius 3 is 2.10 bits per heavy atom. The second-order valence-electron chi connectivity index (χ2n) is 10.3. The number of methoxy groups -OCH3 is 1. The van der Waals surface area contributed by atoms with Crippen molar-refractivity contribution in [2.24, 2.45) is 35.5 Å². The largest absolute Gasteiger partial charge is 0.384 e. The van der Waals surface area contributed by atoms with Crippen molar-refractivity contribution in [1.29, 1.82) is 0 Å². The molecule has 2 heteroatoms. The van der Waals surface area contributed by atoms with Crippen molar-refractivity contribution in [2.75, 3.05) is 7.11 Å². The molecule has 159 valence electrons. The minimum atomic E-state index is 0. The summed E-state index contributed by atoms with van der Waals surface area (Å²) < 4.78 is 5.46. The van der Waals surface area contributed by atoms with Gasteiger partial charge in [0.2, 0.25) is 0 Å². The van der Waals surface area contributed by atoms with E-state index in [1.807, 2.05) is 12.7 Å². The third-order valence-corrected chi connectivity index (χ3v) is 8.41. The maximum absolute atomic E-state index is 5.46. The van der Waals surface area contributed by atoms with Crippen molar-refractivity contribution in [1.82, 2.24) is 0 Å². The van der Waals surface area contributed by atoms with Crippen molar-refractivity contribution in [3.63, 3.8) is 0 Å². The molecule has 0 aromatic carbocycles. The Bertz CT molecular complexity index is 575. The van der Waals surface area contributed by atoms with Crippen LogP contribution in [0.1, 0.15) is 90.4 Å². The van der Waals surface area contributed by atoms with Crippen LogP contribution in [-0.2, 0) is 37.4 Å². The van der Waals surface area contributed by atoms with Crippen LogP contribution in [0.3, 0.4) is 0 Å². The molecule has 0 aliphatic heterocycles. The van der Waals surface area contributed by atoms with Gasteiger partial charge in [-0.15, -0.1) is 17.8 Å². The molecule has 4 aliphatic carbocycles. The van der Waals surface area contributed by atoms with Crippen LogP contribution in [0, 0.1) is 53.8 Å². The molecule has 0 amide bonds. The Morgan fingerprint density at radius 1 is 0.862 bits per heavy atom. The topological polar surface area (TPSA) is 9.23 Å². The van der Waals surface area contributed by atoms with Crippen LogP contribution in [-0.4, -0.2) is 13.2 Å². The molecule has 0 spiro atoms. The second-order valence-corrected chi connectivity index (χ2v) is 10.3. The molecule has 1 radical (unpaired) electrons. The molecule has 4 aliphatic rings. The average Bonchev–Trinajstić information content (AvgIpc) is 3.19. The quantitative estimate of drug-likeness (QED) is 0.246. The van der Waals surface area contributed by atoms with Gasteiger partial charge in [-0.25, -0.2) is 0 Å². The smallest absolute Gasteiger partial charge is 0.0357 e. The van der Waals surface area contributed by atoms with Crippen LogP contribution >= 0.6 is 0 Å². The monoisotopic (exact) mass is 470 g/mol. The molecule has 1 nitrogen and oxygen atoms in total. The summed E-state index contributed by atoms with van der Waals surface area (Å²) in [6.07, 6.45) is 23.2. The van der Waals surface area contributed by atoms with E-state index in [1.54, 1.807) is 0 Å². The third-order valence-electron chi connectivity index (χ3n) is 8.41. The van der Waals surface area contributed by atoms with E-state index in [0.717, 1.165) is 30.1 Å². The van der Waals surface area contributed by atoms with Gasteiger partial charge in [0.15, 0.2) is 0 Å². The summed E-state index contributed by atoms with van der Waals surface area (Å²) in [4.78, 5) is 0. The third kappa shape index (κ3) is 6.67. The zero-order chi connectivity index (χ0) is 19.3. The zero-order valence-electron chi connectivity index (χ0n) is 18.9. The molecule has 4 rings (SSSR count). The summed E-state index contributed by atoms with van der Waals surface area (Å²) in [5.41, 5.74) is 1.82. The molecule has 0 N–H and O–H groups in total. The van der Waals surface area contributed by atoms with E-state index in [1.165, 1.54) is 77.0 Å². The molecule has 3 atom stereocenters. The Hall–Kier alpha value is 0.364. The van der Waals surface area contributed by atoms with Crippen molar-refractivity contribution < 1.29 is 37.4 Å².